The molecule has 1 saturated heterocycles. The van der Waals surface area contributed by atoms with Crippen LogP contribution in [0.25, 0.3) is 0 Å². The van der Waals surface area contributed by atoms with Crippen molar-refractivity contribution in [2.24, 2.45) is 4.99 Å². The number of hydrogen-bond acceptors (Lipinski definition) is 3. The number of guanidine groups is 1. The van der Waals surface area contributed by atoms with Crippen LogP contribution < -0.4 is 10.6 Å². The summed E-state index contributed by atoms with van der Waals surface area (Å²) in [5, 5.41) is 16.9. The van der Waals surface area contributed by atoms with E-state index in [1.807, 2.05) is 6.07 Å². The van der Waals surface area contributed by atoms with E-state index in [0.29, 0.717) is 12.3 Å². The molecule has 0 spiro atoms. The molecule has 1 heterocycles. The van der Waals surface area contributed by atoms with Crippen LogP contribution in [0.1, 0.15) is 42.4 Å². The van der Waals surface area contributed by atoms with Crippen molar-refractivity contribution in [3.05, 3.63) is 28.8 Å². The van der Waals surface area contributed by atoms with Gasteiger partial charge in [-0.15, -0.1) is 24.0 Å². The molecule has 134 valence electrons. The highest BCUT2D eigenvalue weighted by Crippen LogP contribution is 2.30. The average molecular weight is 445 g/mol. The summed E-state index contributed by atoms with van der Waals surface area (Å²) >= 11 is 0. The Morgan fingerprint density at radius 1 is 1.25 bits per heavy atom. The second kappa shape index (κ2) is 9.46. The Balaban J connectivity index is 0.00000208. The van der Waals surface area contributed by atoms with E-state index in [1.54, 1.807) is 7.05 Å². The Labute approximate surface area is 161 Å². The first-order valence-electron chi connectivity index (χ1n) is 8.66. The summed E-state index contributed by atoms with van der Waals surface area (Å²) in [6.45, 7) is 2.24. The normalized spacial score (nSPS) is 20.2. The van der Waals surface area contributed by atoms with Gasteiger partial charge in [0, 0.05) is 32.3 Å². The lowest BCUT2D eigenvalue weighted by molar-refractivity contribution is 0.114. The zero-order chi connectivity index (χ0) is 16.1. The van der Waals surface area contributed by atoms with Crippen LogP contribution in [0.15, 0.2) is 17.1 Å². The number of fused-ring (bicyclic) bond motifs is 1. The van der Waals surface area contributed by atoms with Gasteiger partial charge in [0.2, 0.25) is 0 Å². The molecule has 0 bridgehead atoms. The Bertz CT molecular complexity index is 572. The lowest BCUT2D eigenvalue weighted by atomic mass is 9.88. The van der Waals surface area contributed by atoms with Gasteiger partial charge in [-0.2, -0.15) is 0 Å². The molecule has 1 atom stereocenters. The quantitative estimate of drug-likeness (QED) is 0.379. The van der Waals surface area contributed by atoms with Crippen molar-refractivity contribution in [3.8, 4) is 5.75 Å². The number of aliphatic imine (C=N–C) groups is 1. The lowest BCUT2D eigenvalue weighted by Crippen LogP contribution is -2.40. The number of benzene rings is 1. The molecule has 1 aromatic rings. The summed E-state index contributed by atoms with van der Waals surface area (Å²) in [5.41, 5.74) is 3.72. The molecule has 1 fully saturated rings. The van der Waals surface area contributed by atoms with Gasteiger partial charge in [0.25, 0.3) is 0 Å². The molecule has 1 aliphatic carbocycles. The number of phenols is 1. The molecular formula is C18H28IN3O2. The van der Waals surface area contributed by atoms with Crippen molar-refractivity contribution < 1.29 is 9.84 Å². The van der Waals surface area contributed by atoms with E-state index in [2.05, 4.69) is 21.7 Å². The Morgan fingerprint density at radius 3 is 2.83 bits per heavy atom. The van der Waals surface area contributed by atoms with E-state index in [9.17, 15) is 5.11 Å². The Kier molecular flexibility index (Phi) is 7.61. The minimum absolute atomic E-state index is 0. The molecule has 0 saturated carbocycles. The summed E-state index contributed by atoms with van der Waals surface area (Å²) < 4.78 is 5.62. The third-order valence-corrected chi connectivity index (χ3v) is 4.80. The molecular weight excluding hydrogens is 417 g/mol. The number of hydrogen-bond donors (Lipinski definition) is 3. The van der Waals surface area contributed by atoms with Gasteiger partial charge in [-0.05, 0) is 55.7 Å². The van der Waals surface area contributed by atoms with E-state index in [4.69, 9.17) is 4.74 Å². The first kappa shape index (κ1) is 19.3. The highest BCUT2D eigenvalue weighted by atomic mass is 127. The number of phenolic OH excluding ortho intramolecular Hbond substituents is 1. The van der Waals surface area contributed by atoms with Crippen LogP contribution in [0.4, 0.5) is 0 Å². The SMILES string of the molecule is CN=C(NCc1c(O)ccc2c1CCCC2)NCC1CCCO1.I. The van der Waals surface area contributed by atoms with Crippen LogP contribution >= 0.6 is 24.0 Å². The second-order valence-corrected chi connectivity index (χ2v) is 6.35. The molecule has 0 radical (unpaired) electrons. The van der Waals surface area contributed by atoms with Gasteiger partial charge < -0.3 is 20.5 Å². The van der Waals surface area contributed by atoms with E-state index in [-0.39, 0.29) is 30.1 Å². The molecule has 1 unspecified atom stereocenters. The first-order chi connectivity index (χ1) is 11.3. The number of aryl methyl sites for hydroxylation is 1. The number of nitrogens with one attached hydrogen (secondary N) is 2. The minimum atomic E-state index is 0. The standard InChI is InChI=1S/C18H27N3O2.HI/c1-19-18(20-11-14-6-4-10-23-14)21-12-16-15-7-3-2-5-13(15)8-9-17(16)22;/h8-9,14,22H,2-7,10-12H2,1H3,(H2,19,20,21);1H. The molecule has 6 heteroatoms. The van der Waals surface area contributed by atoms with Crippen molar-refractivity contribution in [2.75, 3.05) is 20.2 Å². The van der Waals surface area contributed by atoms with E-state index in [0.717, 1.165) is 50.4 Å². The van der Waals surface area contributed by atoms with Crippen molar-refractivity contribution in [2.45, 2.75) is 51.2 Å². The first-order valence-corrected chi connectivity index (χ1v) is 8.66. The number of rotatable bonds is 4. The third-order valence-electron chi connectivity index (χ3n) is 4.80. The van der Waals surface area contributed by atoms with Crippen molar-refractivity contribution in [3.63, 3.8) is 0 Å². The van der Waals surface area contributed by atoms with Gasteiger partial charge in [-0.25, -0.2) is 0 Å². The second-order valence-electron chi connectivity index (χ2n) is 6.35. The largest absolute Gasteiger partial charge is 0.508 e. The fraction of sp³-hybridized carbons (Fsp3) is 0.611. The highest BCUT2D eigenvalue weighted by molar-refractivity contribution is 14.0. The maximum Gasteiger partial charge on any atom is 0.191 e. The van der Waals surface area contributed by atoms with E-state index in [1.165, 1.54) is 24.0 Å². The maximum atomic E-state index is 10.2. The Morgan fingerprint density at radius 2 is 2.08 bits per heavy atom. The maximum absolute atomic E-state index is 10.2. The van der Waals surface area contributed by atoms with Gasteiger partial charge >= 0.3 is 0 Å². The van der Waals surface area contributed by atoms with Gasteiger partial charge in [0.15, 0.2) is 5.96 Å². The van der Waals surface area contributed by atoms with Crippen LogP contribution in [0.2, 0.25) is 0 Å². The molecule has 2 aliphatic rings. The lowest BCUT2D eigenvalue weighted by Gasteiger charge is -2.21. The predicted octanol–water partition coefficient (Wildman–Crippen LogP) is 2.73. The van der Waals surface area contributed by atoms with Crippen molar-refractivity contribution in [1.82, 2.24) is 10.6 Å². The highest BCUT2D eigenvalue weighted by Gasteiger charge is 2.18. The van der Waals surface area contributed by atoms with Crippen LogP contribution in [-0.4, -0.2) is 37.4 Å². The van der Waals surface area contributed by atoms with Crippen LogP contribution in [0.5, 0.6) is 5.75 Å². The number of nitrogens with zero attached hydrogens (tertiary/aromatic N) is 1. The third kappa shape index (κ3) is 4.75. The van der Waals surface area contributed by atoms with Gasteiger partial charge in [0.05, 0.1) is 6.10 Å². The van der Waals surface area contributed by atoms with Crippen LogP contribution in [0, 0.1) is 0 Å². The fourth-order valence-corrected chi connectivity index (χ4v) is 3.50. The predicted molar refractivity (Wildman–Crippen MR) is 107 cm³/mol. The molecule has 5 nitrogen and oxygen atoms in total. The van der Waals surface area contributed by atoms with Gasteiger partial charge in [-0.1, -0.05) is 6.07 Å². The van der Waals surface area contributed by atoms with Crippen molar-refractivity contribution >= 4 is 29.9 Å². The summed E-state index contributed by atoms with van der Waals surface area (Å²) in [7, 11) is 1.77. The zero-order valence-electron chi connectivity index (χ0n) is 14.3. The number of halogens is 1. The molecule has 1 aliphatic heterocycles. The fourth-order valence-electron chi connectivity index (χ4n) is 3.50. The van der Waals surface area contributed by atoms with Gasteiger partial charge in [-0.3, -0.25) is 4.99 Å². The van der Waals surface area contributed by atoms with Crippen molar-refractivity contribution in [1.29, 1.82) is 0 Å². The summed E-state index contributed by atoms with van der Waals surface area (Å²) in [6.07, 6.45) is 7.16. The van der Waals surface area contributed by atoms with Gasteiger partial charge in [0.1, 0.15) is 5.75 Å². The number of ether oxygens (including phenoxy) is 1. The zero-order valence-corrected chi connectivity index (χ0v) is 16.6. The van der Waals surface area contributed by atoms with E-state index >= 15 is 0 Å². The molecule has 0 amide bonds. The smallest absolute Gasteiger partial charge is 0.191 e. The monoisotopic (exact) mass is 445 g/mol. The number of aromatic hydroxyl groups is 1. The molecule has 3 N–H and O–H groups in total. The molecule has 1 aromatic carbocycles. The van der Waals surface area contributed by atoms with Crippen LogP contribution in [0.3, 0.4) is 0 Å². The minimum Gasteiger partial charge on any atom is -0.508 e. The molecule has 3 rings (SSSR count). The Hall–Kier alpha value is -1.02. The van der Waals surface area contributed by atoms with Crippen LogP contribution in [-0.2, 0) is 24.1 Å². The summed E-state index contributed by atoms with van der Waals surface area (Å²) in [6, 6.07) is 3.89. The van der Waals surface area contributed by atoms with E-state index < -0.39 is 0 Å². The molecule has 0 aromatic heterocycles. The summed E-state index contributed by atoms with van der Waals surface area (Å²) in [5.74, 6) is 1.14. The average Bonchev–Trinajstić information content (AvgIpc) is 3.10. The molecule has 24 heavy (non-hydrogen) atoms. The summed E-state index contributed by atoms with van der Waals surface area (Å²) in [4.78, 5) is 4.26. The topological polar surface area (TPSA) is 65.9 Å².